The number of piperazine rings is 1. The van der Waals surface area contributed by atoms with Gasteiger partial charge in [-0.1, -0.05) is 0 Å². The maximum absolute atomic E-state index is 12.3. The molecule has 1 fully saturated rings. The molecule has 21 heavy (non-hydrogen) atoms. The minimum Gasteiger partial charge on any atom is -0.337 e. The number of carbonyl (C=O) groups excluding carboxylic acids is 1. The van der Waals surface area contributed by atoms with Crippen molar-refractivity contribution in [3.05, 3.63) is 17.0 Å². The number of carbonyl (C=O) groups is 1. The average Bonchev–Trinajstić information content (AvgIpc) is 2.61. The van der Waals surface area contributed by atoms with Crippen LogP contribution in [0.1, 0.15) is 30.3 Å². The Balaban J connectivity index is 0.00000200. The second-order valence-electron chi connectivity index (χ2n) is 5.41. The first-order valence-electron chi connectivity index (χ1n) is 7.00. The fourth-order valence-electron chi connectivity index (χ4n) is 2.77. The van der Waals surface area contributed by atoms with Crippen molar-refractivity contribution in [3.8, 4) is 0 Å². The number of halogens is 2. The minimum absolute atomic E-state index is 0. The molecule has 1 aliphatic heterocycles. The summed E-state index contributed by atoms with van der Waals surface area (Å²) < 4.78 is 1.89. The van der Waals surface area contributed by atoms with Gasteiger partial charge in [-0.15, -0.1) is 24.8 Å². The number of aromatic nitrogens is 2. The summed E-state index contributed by atoms with van der Waals surface area (Å²) in [6, 6.07) is 0.303. The summed E-state index contributed by atoms with van der Waals surface area (Å²) in [7, 11) is 1.95. The maximum Gasteiger partial charge on any atom is 0.223 e. The minimum atomic E-state index is 0. The third-order valence-electron chi connectivity index (χ3n) is 4.07. The molecule has 0 unspecified atom stereocenters. The van der Waals surface area contributed by atoms with E-state index in [0.29, 0.717) is 12.5 Å². The Morgan fingerprint density at radius 3 is 2.57 bits per heavy atom. The highest BCUT2D eigenvalue weighted by Gasteiger charge is 2.23. The van der Waals surface area contributed by atoms with Crippen molar-refractivity contribution < 1.29 is 4.79 Å². The number of nitrogens with zero attached hydrogens (tertiary/aromatic N) is 3. The molecule has 122 valence electrons. The van der Waals surface area contributed by atoms with E-state index < -0.39 is 0 Å². The first-order chi connectivity index (χ1) is 9.00. The van der Waals surface area contributed by atoms with Gasteiger partial charge in [-0.2, -0.15) is 5.10 Å². The zero-order valence-electron chi connectivity index (χ0n) is 13.2. The molecule has 0 aromatic carbocycles. The molecule has 1 aromatic heterocycles. The number of hydrogen-bond acceptors (Lipinski definition) is 3. The SMILES string of the molecule is Cc1nn(C)c(C)c1CCC(=O)N1CCNC[C@H]1C.Cl.Cl. The Labute approximate surface area is 139 Å². The second-order valence-corrected chi connectivity index (χ2v) is 5.41. The summed E-state index contributed by atoms with van der Waals surface area (Å²) in [6.07, 6.45) is 1.37. The van der Waals surface area contributed by atoms with Crippen LogP contribution in [0.5, 0.6) is 0 Å². The predicted octanol–water partition coefficient (Wildman–Crippen LogP) is 1.63. The van der Waals surface area contributed by atoms with Crippen LogP contribution in [0.15, 0.2) is 0 Å². The van der Waals surface area contributed by atoms with Crippen molar-refractivity contribution in [1.82, 2.24) is 20.0 Å². The molecule has 1 N–H and O–H groups in total. The number of amides is 1. The van der Waals surface area contributed by atoms with E-state index in [-0.39, 0.29) is 30.7 Å². The van der Waals surface area contributed by atoms with Crippen LogP contribution in [0.25, 0.3) is 0 Å². The Morgan fingerprint density at radius 2 is 2.05 bits per heavy atom. The molecule has 0 spiro atoms. The number of rotatable bonds is 3. The van der Waals surface area contributed by atoms with Gasteiger partial charge in [-0.25, -0.2) is 0 Å². The summed E-state index contributed by atoms with van der Waals surface area (Å²) in [5.41, 5.74) is 3.43. The second kappa shape index (κ2) is 8.61. The number of hydrogen-bond donors (Lipinski definition) is 1. The van der Waals surface area contributed by atoms with E-state index in [1.165, 1.54) is 11.3 Å². The topological polar surface area (TPSA) is 50.2 Å². The van der Waals surface area contributed by atoms with Crippen LogP contribution in [0.2, 0.25) is 0 Å². The molecule has 7 heteroatoms. The van der Waals surface area contributed by atoms with E-state index in [4.69, 9.17) is 0 Å². The molecule has 0 radical (unpaired) electrons. The van der Waals surface area contributed by atoms with E-state index in [0.717, 1.165) is 31.7 Å². The van der Waals surface area contributed by atoms with Crippen molar-refractivity contribution >= 4 is 30.7 Å². The largest absolute Gasteiger partial charge is 0.337 e. The normalized spacial score (nSPS) is 17.9. The van der Waals surface area contributed by atoms with Crippen molar-refractivity contribution in [2.75, 3.05) is 19.6 Å². The Hall–Kier alpha value is -0.780. The quantitative estimate of drug-likeness (QED) is 0.912. The number of nitrogens with one attached hydrogen (secondary N) is 1. The van der Waals surface area contributed by atoms with Gasteiger partial charge in [-0.05, 0) is 32.8 Å². The van der Waals surface area contributed by atoms with E-state index in [2.05, 4.69) is 24.3 Å². The van der Waals surface area contributed by atoms with Gasteiger partial charge in [0.15, 0.2) is 0 Å². The van der Waals surface area contributed by atoms with E-state index in [1.807, 2.05) is 23.6 Å². The van der Waals surface area contributed by atoms with Crippen LogP contribution in [0.4, 0.5) is 0 Å². The third-order valence-corrected chi connectivity index (χ3v) is 4.07. The molecule has 0 bridgehead atoms. The van der Waals surface area contributed by atoms with Gasteiger partial charge < -0.3 is 10.2 Å². The van der Waals surface area contributed by atoms with Gasteiger partial charge in [0.2, 0.25) is 5.91 Å². The van der Waals surface area contributed by atoms with Gasteiger partial charge in [0, 0.05) is 44.8 Å². The molecule has 1 aliphatic rings. The van der Waals surface area contributed by atoms with Crippen LogP contribution >= 0.6 is 24.8 Å². The lowest BCUT2D eigenvalue weighted by atomic mass is 10.1. The van der Waals surface area contributed by atoms with Gasteiger partial charge in [0.25, 0.3) is 0 Å². The average molecular weight is 337 g/mol. The van der Waals surface area contributed by atoms with Crippen LogP contribution in [-0.4, -0.2) is 46.3 Å². The summed E-state index contributed by atoms with van der Waals surface area (Å²) in [4.78, 5) is 14.3. The van der Waals surface area contributed by atoms with Crippen LogP contribution in [0, 0.1) is 13.8 Å². The standard InChI is InChI=1S/C14H24N4O.2ClH/c1-10-9-15-7-8-18(10)14(19)6-5-13-11(2)16-17(4)12(13)3;;/h10,15H,5-9H2,1-4H3;2*1H/t10-;;/m1../s1. The fraction of sp³-hybridized carbons (Fsp3) is 0.714. The Bertz CT molecular complexity index is 476. The fourth-order valence-corrected chi connectivity index (χ4v) is 2.77. The highest BCUT2D eigenvalue weighted by Crippen LogP contribution is 2.15. The van der Waals surface area contributed by atoms with E-state index >= 15 is 0 Å². The van der Waals surface area contributed by atoms with E-state index in [9.17, 15) is 4.79 Å². The molecule has 0 saturated carbocycles. The zero-order valence-corrected chi connectivity index (χ0v) is 14.8. The Morgan fingerprint density at radius 1 is 1.38 bits per heavy atom. The molecular formula is C14H26Cl2N4O. The molecule has 5 nitrogen and oxygen atoms in total. The van der Waals surface area contributed by atoms with Crippen molar-refractivity contribution in [3.63, 3.8) is 0 Å². The summed E-state index contributed by atoms with van der Waals surface area (Å²) in [6.45, 7) is 8.81. The lowest BCUT2D eigenvalue weighted by Crippen LogP contribution is -2.52. The lowest BCUT2D eigenvalue weighted by molar-refractivity contribution is -0.133. The number of aryl methyl sites for hydroxylation is 2. The highest BCUT2D eigenvalue weighted by molar-refractivity contribution is 5.85. The van der Waals surface area contributed by atoms with Crippen molar-refractivity contribution in [1.29, 1.82) is 0 Å². The van der Waals surface area contributed by atoms with Gasteiger partial charge >= 0.3 is 0 Å². The molecular weight excluding hydrogens is 311 g/mol. The van der Waals surface area contributed by atoms with Gasteiger partial charge in [0.1, 0.15) is 0 Å². The molecule has 1 amide bonds. The zero-order chi connectivity index (χ0) is 14.0. The van der Waals surface area contributed by atoms with Crippen molar-refractivity contribution in [2.24, 2.45) is 7.05 Å². The monoisotopic (exact) mass is 336 g/mol. The van der Waals surface area contributed by atoms with E-state index in [1.54, 1.807) is 0 Å². The molecule has 1 atom stereocenters. The van der Waals surface area contributed by atoms with Crippen LogP contribution < -0.4 is 5.32 Å². The summed E-state index contributed by atoms with van der Waals surface area (Å²) in [5, 5.41) is 7.71. The first-order valence-corrected chi connectivity index (χ1v) is 7.00. The van der Waals surface area contributed by atoms with Gasteiger partial charge in [-0.3, -0.25) is 9.48 Å². The molecule has 1 saturated heterocycles. The van der Waals surface area contributed by atoms with Crippen LogP contribution in [0.3, 0.4) is 0 Å². The maximum atomic E-state index is 12.3. The molecule has 2 heterocycles. The summed E-state index contributed by atoms with van der Waals surface area (Å²) >= 11 is 0. The smallest absolute Gasteiger partial charge is 0.223 e. The third kappa shape index (κ3) is 4.59. The summed E-state index contributed by atoms with van der Waals surface area (Å²) in [5.74, 6) is 0.261. The lowest BCUT2D eigenvalue weighted by Gasteiger charge is -2.34. The molecule has 0 aliphatic carbocycles. The van der Waals surface area contributed by atoms with Crippen LogP contribution in [-0.2, 0) is 18.3 Å². The predicted molar refractivity (Wildman–Crippen MR) is 89.5 cm³/mol. The van der Waals surface area contributed by atoms with Crippen molar-refractivity contribution in [2.45, 2.75) is 39.7 Å². The highest BCUT2D eigenvalue weighted by atomic mass is 35.5. The van der Waals surface area contributed by atoms with Gasteiger partial charge in [0.05, 0.1) is 5.69 Å². The first kappa shape index (κ1) is 20.2. The Kier molecular flexibility index (Phi) is 8.29. The molecule has 2 rings (SSSR count). The molecule has 1 aromatic rings.